The summed E-state index contributed by atoms with van der Waals surface area (Å²) in [6.07, 6.45) is 6.66. The first kappa shape index (κ1) is 14.3. The molecule has 2 rings (SSSR count). The van der Waals surface area contributed by atoms with Crippen molar-refractivity contribution in [3.63, 3.8) is 0 Å². The van der Waals surface area contributed by atoms with Crippen LogP contribution in [-0.2, 0) is 6.54 Å². The number of ether oxygens (including phenoxy) is 1. The number of hydrogen-bond donors (Lipinski definition) is 1. The molecular formula is C16H24FNO. The highest BCUT2D eigenvalue weighted by molar-refractivity contribution is 5.29. The van der Waals surface area contributed by atoms with Crippen LogP contribution in [0.1, 0.15) is 44.6 Å². The molecule has 19 heavy (non-hydrogen) atoms. The zero-order chi connectivity index (χ0) is 13.7. The number of hydrogen-bond acceptors (Lipinski definition) is 2. The molecule has 0 unspecified atom stereocenters. The molecule has 1 aromatic carbocycles. The molecule has 1 saturated carbocycles. The van der Waals surface area contributed by atoms with E-state index in [0.717, 1.165) is 18.7 Å². The average molecular weight is 265 g/mol. The van der Waals surface area contributed by atoms with Gasteiger partial charge < -0.3 is 10.1 Å². The van der Waals surface area contributed by atoms with Crippen LogP contribution < -0.4 is 10.1 Å². The molecule has 0 spiro atoms. The fourth-order valence-electron chi connectivity index (χ4n) is 2.91. The predicted molar refractivity (Wildman–Crippen MR) is 75.9 cm³/mol. The third kappa shape index (κ3) is 3.93. The van der Waals surface area contributed by atoms with E-state index in [0.29, 0.717) is 11.2 Å². The summed E-state index contributed by atoms with van der Waals surface area (Å²) in [5.74, 6) is 0.0219. The highest BCUT2D eigenvalue weighted by atomic mass is 19.1. The van der Waals surface area contributed by atoms with Gasteiger partial charge in [0.05, 0.1) is 7.11 Å². The second-order valence-electron chi connectivity index (χ2n) is 5.94. The summed E-state index contributed by atoms with van der Waals surface area (Å²) in [7, 11) is 1.49. The summed E-state index contributed by atoms with van der Waals surface area (Å²) in [6.45, 7) is 4.09. The molecular weight excluding hydrogens is 241 g/mol. The zero-order valence-electron chi connectivity index (χ0n) is 12.0. The van der Waals surface area contributed by atoms with Crippen LogP contribution in [0.5, 0.6) is 5.75 Å². The first-order valence-corrected chi connectivity index (χ1v) is 7.16. The highest BCUT2D eigenvalue weighted by Crippen LogP contribution is 2.34. The molecule has 1 fully saturated rings. The molecule has 1 aliphatic carbocycles. The molecule has 1 aliphatic rings. The predicted octanol–water partition coefficient (Wildman–Crippen LogP) is 3.89. The topological polar surface area (TPSA) is 21.3 Å². The van der Waals surface area contributed by atoms with Gasteiger partial charge in [0, 0.05) is 13.1 Å². The van der Waals surface area contributed by atoms with Crippen molar-refractivity contribution >= 4 is 0 Å². The molecule has 0 heterocycles. The minimum atomic E-state index is -0.286. The molecule has 0 radical (unpaired) electrons. The van der Waals surface area contributed by atoms with Gasteiger partial charge in [0.2, 0.25) is 0 Å². The van der Waals surface area contributed by atoms with E-state index in [1.807, 2.05) is 6.07 Å². The molecule has 0 saturated heterocycles. The number of halogens is 1. The highest BCUT2D eigenvalue weighted by Gasteiger charge is 2.25. The Labute approximate surface area is 115 Å². The SMILES string of the molecule is COc1ccc(CNCC2(C)CCCCC2)cc1F. The van der Waals surface area contributed by atoms with E-state index in [1.54, 1.807) is 12.1 Å². The Hall–Kier alpha value is -1.09. The fraction of sp³-hybridized carbons (Fsp3) is 0.625. The van der Waals surface area contributed by atoms with Crippen molar-refractivity contribution in [3.05, 3.63) is 29.6 Å². The first-order valence-electron chi connectivity index (χ1n) is 7.16. The van der Waals surface area contributed by atoms with Crippen LogP contribution in [0.15, 0.2) is 18.2 Å². The summed E-state index contributed by atoms with van der Waals surface area (Å²) in [6, 6.07) is 5.15. The van der Waals surface area contributed by atoms with Gasteiger partial charge >= 0.3 is 0 Å². The van der Waals surface area contributed by atoms with E-state index in [2.05, 4.69) is 12.2 Å². The van der Waals surface area contributed by atoms with Gasteiger partial charge in [-0.1, -0.05) is 32.3 Å². The largest absolute Gasteiger partial charge is 0.494 e. The van der Waals surface area contributed by atoms with Gasteiger partial charge in [0.25, 0.3) is 0 Å². The molecule has 106 valence electrons. The fourth-order valence-corrected chi connectivity index (χ4v) is 2.91. The zero-order valence-corrected chi connectivity index (χ0v) is 12.0. The van der Waals surface area contributed by atoms with Crippen LogP contribution in [-0.4, -0.2) is 13.7 Å². The summed E-state index contributed by atoms with van der Waals surface area (Å²) in [5, 5.41) is 3.47. The van der Waals surface area contributed by atoms with Gasteiger partial charge in [-0.25, -0.2) is 4.39 Å². The van der Waals surface area contributed by atoms with Gasteiger partial charge in [-0.3, -0.25) is 0 Å². The first-order chi connectivity index (χ1) is 9.13. The lowest BCUT2D eigenvalue weighted by Crippen LogP contribution is -2.33. The van der Waals surface area contributed by atoms with Crippen molar-refractivity contribution in [1.82, 2.24) is 5.32 Å². The van der Waals surface area contributed by atoms with Crippen molar-refractivity contribution in [3.8, 4) is 5.75 Å². The minimum absolute atomic E-state index is 0.286. The third-order valence-corrected chi connectivity index (χ3v) is 4.16. The third-order valence-electron chi connectivity index (χ3n) is 4.16. The lowest BCUT2D eigenvalue weighted by atomic mass is 9.76. The van der Waals surface area contributed by atoms with E-state index < -0.39 is 0 Å². The quantitative estimate of drug-likeness (QED) is 0.872. The normalized spacial score (nSPS) is 18.3. The Morgan fingerprint density at radius 1 is 1.26 bits per heavy atom. The smallest absolute Gasteiger partial charge is 0.165 e. The Morgan fingerprint density at radius 3 is 2.63 bits per heavy atom. The molecule has 3 heteroatoms. The van der Waals surface area contributed by atoms with E-state index in [4.69, 9.17) is 4.74 Å². The minimum Gasteiger partial charge on any atom is -0.494 e. The monoisotopic (exact) mass is 265 g/mol. The van der Waals surface area contributed by atoms with Gasteiger partial charge in [-0.05, 0) is 36.0 Å². The number of nitrogens with one attached hydrogen (secondary N) is 1. The standard InChI is InChI=1S/C16H24FNO/c1-16(8-4-3-5-9-16)12-18-11-13-6-7-15(19-2)14(17)10-13/h6-7,10,18H,3-5,8-9,11-12H2,1-2H3. The van der Waals surface area contributed by atoms with Crippen LogP contribution >= 0.6 is 0 Å². The number of rotatable bonds is 5. The summed E-state index contributed by atoms with van der Waals surface area (Å²) in [4.78, 5) is 0. The Morgan fingerprint density at radius 2 is 2.00 bits per heavy atom. The van der Waals surface area contributed by atoms with Crippen LogP contribution in [0, 0.1) is 11.2 Å². The van der Waals surface area contributed by atoms with Gasteiger partial charge in [-0.2, -0.15) is 0 Å². The van der Waals surface area contributed by atoms with Gasteiger partial charge in [0.1, 0.15) is 0 Å². The van der Waals surface area contributed by atoms with Crippen molar-refractivity contribution < 1.29 is 9.13 Å². The molecule has 0 atom stereocenters. The van der Waals surface area contributed by atoms with E-state index in [9.17, 15) is 4.39 Å². The molecule has 1 N–H and O–H groups in total. The van der Waals surface area contributed by atoms with Crippen molar-refractivity contribution in [2.24, 2.45) is 5.41 Å². The Kier molecular flexibility index (Phi) is 4.81. The molecule has 0 amide bonds. The summed E-state index contributed by atoms with van der Waals surface area (Å²) >= 11 is 0. The van der Waals surface area contributed by atoms with Crippen molar-refractivity contribution in [1.29, 1.82) is 0 Å². The number of methoxy groups -OCH3 is 1. The summed E-state index contributed by atoms with van der Waals surface area (Å²) in [5.41, 5.74) is 1.39. The lowest BCUT2D eigenvalue weighted by Gasteiger charge is -2.33. The molecule has 0 aromatic heterocycles. The van der Waals surface area contributed by atoms with Crippen LogP contribution in [0.4, 0.5) is 4.39 Å². The van der Waals surface area contributed by atoms with E-state index in [1.165, 1.54) is 39.2 Å². The second kappa shape index (κ2) is 6.38. The van der Waals surface area contributed by atoms with Crippen LogP contribution in [0.25, 0.3) is 0 Å². The van der Waals surface area contributed by atoms with Gasteiger partial charge in [0.15, 0.2) is 11.6 Å². The Bertz CT molecular complexity index is 413. The maximum Gasteiger partial charge on any atom is 0.165 e. The molecule has 2 nitrogen and oxygen atoms in total. The van der Waals surface area contributed by atoms with Crippen molar-refractivity contribution in [2.75, 3.05) is 13.7 Å². The molecule has 1 aromatic rings. The number of benzene rings is 1. The lowest BCUT2D eigenvalue weighted by molar-refractivity contribution is 0.207. The van der Waals surface area contributed by atoms with E-state index in [-0.39, 0.29) is 5.82 Å². The average Bonchev–Trinajstić information content (AvgIpc) is 2.39. The second-order valence-corrected chi connectivity index (χ2v) is 5.94. The maximum atomic E-state index is 13.6. The van der Waals surface area contributed by atoms with Crippen LogP contribution in [0.2, 0.25) is 0 Å². The molecule has 0 aliphatic heterocycles. The van der Waals surface area contributed by atoms with E-state index >= 15 is 0 Å². The van der Waals surface area contributed by atoms with Crippen molar-refractivity contribution in [2.45, 2.75) is 45.6 Å². The van der Waals surface area contributed by atoms with Gasteiger partial charge in [-0.15, -0.1) is 0 Å². The molecule has 0 bridgehead atoms. The summed E-state index contributed by atoms with van der Waals surface area (Å²) < 4.78 is 18.5. The Balaban J connectivity index is 1.83. The van der Waals surface area contributed by atoms with Crippen LogP contribution in [0.3, 0.4) is 0 Å². The maximum absolute atomic E-state index is 13.6.